The SMILES string of the molecule is CCCC[C@H](N)C(=O)NC1CCCC(C)(C)C1. The van der Waals surface area contributed by atoms with Crippen LogP contribution in [0, 0.1) is 5.41 Å². The molecule has 1 saturated carbocycles. The average molecular weight is 240 g/mol. The molecule has 1 rings (SSSR count). The van der Waals surface area contributed by atoms with Crippen LogP contribution in [0.1, 0.15) is 65.7 Å². The topological polar surface area (TPSA) is 55.1 Å². The second-order valence-corrected chi connectivity index (χ2v) is 6.21. The van der Waals surface area contributed by atoms with Gasteiger partial charge in [-0.1, -0.05) is 40.0 Å². The quantitative estimate of drug-likeness (QED) is 0.776. The zero-order chi connectivity index (χ0) is 12.9. The Morgan fingerprint density at radius 3 is 2.82 bits per heavy atom. The fourth-order valence-electron chi connectivity index (χ4n) is 2.68. The first-order valence-corrected chi connectivity index (χ1v) is 7.00. The molecule has 0 aliphatic heterocycles. The van der Waals surface area contributed by atoms with Crippen LogP contribution in [0.3, 0.4) is 0 Å². The molecule has 17 heavy (non-hydrogen) atoms. The van der Waals surface area contributed by atoms with E-state index in [1.165, 1.54) is 12.8 Å². The van der Waals surface area contributed by atoms with Gasteiger partial charge in [-0.2, -0.15) is 0 Å². The van der Waals surface area contributed by atoms with Crippen molar-refractivity contribution in [3.8, 4) is 0 Å². The number of amides is 1. The molecule has 0 heterocycles. The Hall–Kier alpha value is -0.570. The van der Waals surface area contributed by atoms with Crippen molar-refractivity contribution in [3.05, 3.63) is 0 Å². The van der Waals surface area contributed by atoms with Crippen LogP contribution in [0.15, 0.2) is 0 Å². The van der Waals surface area contributed by atoms with E-state index in [2.05, 4.69) is 26.1 Å². The third-order valence-electron chi connectivity index (χ3n) is 3.76. The Labute approximate surface area is 106 Å². The van der Waals surface area contributed by atoms with Crippen LogP contribution in [-0.2, 0) is 4.79 Å². The van der Waals surface area contributed by atoms with Crippen LogP contribution in [0.5, 0.6) is 0 Å². The molecule has 0 spiro atoms. The molecular formula is C14H28N2O. The Balaban J connectivity index is 2.35. The Kier molecular flexibility index (Phi) is 5.44. The molecule has 0 aromatic carbocycles. The number of hydrogen-bond acceptors (Lipinski definition) is 2. The number of hydrogen-bond donors (Lipinski definition) is 2. The molecule has 1 amide bonds. The highest BCUT2D eigenvalue weighted by molar-refractivity contribution is 5.81. The molecule has 3 nitrogen and oxygen atoms in total. The molecule has 1 aliphatic rings. The molecule has 3 N–H and O–H groups in total. The van der Waals surface area contributed by atoms with E-state index < -0.39 is 0 Å². The van der Waals surface area contributed by atoms with Crippen LogP contribution in [0.2, 0.25) is 0 Å². The van der Waals surface area contributed by atoms with Gasteiger partial charge in [0, 0.05) is 6.04 Å². The highest BCUT2D eigenvalue weighted by atomic mass is 16.2. The van der Waals surface area contributed by atoms with Crippen molar-refractivity contribution in [3.63, 3.8) is 0 Å². The molecule has 1 fully saturated rings. The van der Waals surface area contributed by atoms with E-state index in [-0.39, 0.29) is 11.9 Å². The molecule has 1 aliphatic carbocycles. The first kappa shape index (κ1) is 14.5. The summed E-state index contributed by atoms with van der Waals surface area (Å²) in [6.45, 7) is 6.68. The summed E-state index contributed by atoms with van der Waals surface area (Å²) < 4.78 is 0. The lowest BCUT2D eigenvalue weighted by Crippen LogP contribution is -2.47. The van der Waals surface area contributed by atoms with Gasteiger partial charge in [0.25, 0.3) is 0 Å². The minimum atomic E-state index is -0.319. The first-order chi connectivity index (χ1) is 7.94. The van der Waals surface area contributed by atoms with E-state index >= 15 is 0 Å². The fraction of sp³-hybridized carbons (Fsp3) is 0.929. The Morgan fingerprint density at radius 1 is 1.53 bits per heavy atom. The van der Waals surface area contributed by atoms with E-state index in [0.717, 1.165) is 32.1 Å². The summed E-state index contributed by atoms with van der Waals surface area (Å²) in [6.07, 6.45) is 7.60. The molecule has 3 heteroatoms. The molecule has 0 bridgehead atoms. The van der Waals surface area contributed by atoms with Crippen molar-refractivity contribution < 1.29 is 4.79 Å². The fourth-order valence-corrected chi connectivity index (χ4v) is 2.68. The average Bonchev–Trinajstić information content (AvgIpc) is 2.24. The minimum Gasteiger partial charge on any atom is -0.352 e. The van der Waals surface area contributed by atoms with E-state index in [4.69, 9.17) is 5.73 Å². The highest BCUT2D eigenvalue weighted by Gasteiger charge is 2.29. The van der Waals surface area contributed by atoms with Gasteiger partial charge in [-0.3, -0.25) is 4.79 Å². The summed E-state index contributed by atoms with van der Waals surface area (Å²) in [6, 6.07) is 0.0129. The maximum atomic E-state index is 11.9. The predicted molar refractivity (Wildman–Crippen MR) is 71.7 cm³/mol. The molecule has 0 aromatic heterocycles. The van der Waals surface area contributed by atoms with Gasteiger partial charge in [0.1, 0.15) is 0 Å². The molecule has 0 aromatic rings. The lowest BCUT2D eigenvalue weighted by atomic mass is 9.75. The maximum Gasteiger partial charge on any atom is 0.237 e. The van der Waals surface area contributed by atoms with Crippen LogP contribution in [0.25, 0.3) is 0 Å². The zero-order valence-electron chi connectivity index (χ0n) is 11.6. The van der Waals surface area contributed by atoms with Gasteiger partial charge in [-0.15, -0.1) is 0 Å². The normalized spacial score (nSPS) is 25.3. The largest absolute Gasteiger partial charge is 0.352 e. The Bertz CT molecular complexity index is 251. The molecule has 1 unspecified atom stereocenters. The van der Waals surface area contributed by atoms with Crippen molar-refractivity contribution in [2.75, 3.05) is 0 Å². The molecular weight excluding hydrogens is 212 g/mol. The number of nitrogens with one attached hydrogen (secondary N) is 1. The van der Waals surface area contributed by atoms with E-state index in [9.17, 15) is 4.79 Å². The number of carbonyl (C=O) groups is 1. The molecule has 2 atom stereocenters. The van der Waals surface area contributed by atoms with Crippen molar-refractivity contribution in [2.45, 2.75) is 77.8 Å². The van der Waals surface area contributed by atoms with E-state index in [0.29, 0.717) is 11.5 Å². The second kappa shape index (κ2) is 6.39. The van der Waals surface area contributed by atoms with Crippen LogP contribution >= 0.6 is 0 Å². The maximum absolute atomic E-state index is 11.9. The summed E-state index contributed by atoms with van der Waals surface area (Å²) in [4.78, 5) is 11.9. The first-order valence-electron chi connectivity index (χ1n) is 7.00. The zero-order valence-corrected chi connectivity index (χ0v) is 11.6. The minimum absolute atomic E-state index is 0.0427. The van der Waals surface area contributed by atoms with Crippen molar-refractivity contribution >= 4 is 5.91 Å². The van der Waals surface area contributed by atoms with Gasteiger partial charge in [0.15, 0.2) is 0 Å². The third-order valence-corrected chi connectivity index (χ3v) is 3.76. The van der Waals surface area contributed by atoms with Crippen molar-refractivity contribution in [1.29, 1.82) is 0 Å². The molecule has 0 radical (unpaired) electrons. The number of nitrogens with two attached hydrogens (primary N) is 1. The second-order valence-electron chi connectivity index (χ2n) is 6.21. The van der Waals surface area contributed by atoms with Crippen LogP contribution < -0.4 is 11.1 Å². The van der Waals surface area contributed by atoms with Gasteiger partial charge in [0.05, 0.1) is 6.04 Å². The van der Waals surface area contributed by atoms with Gasteiger partial charge in [-0.25, -0.2) is 0 Å². The summed E-state index contributed by atoms with van der Waals surface area (Å²) in [7, 11) is 0. The van der Waals surface area contributed by atoms with E-state index in [1.54, 1.807) is 0 Å². The van der Waals surface area contributed by atoms with Gasteiger partial charge >= 0.3 is 0 Å². The summed E-state index contributed by atoms with van der Waals surface area (Å²) >= 11 is 0. The van der Waals surface area contributed by atoms with Gasteiger partial charge < -0.3 is 11.1 Å². The summed E-state index contributed by atoms with van der Waals surface area (Å²) in [5, 5.41) is 3.12. The summed E-state index contributed by atoms with van der Waals surface area (Å²) in [5.41, 5.74) is 6.24. The van der Waals surface area contributed by atoms with Gasteiger partial charge in [0.2, 0.25) is 5.91 Å². The van der Waals surface area contributed by atoms with Crippen LogP contribution in [-0.4, -0.2) is 18.0 Å². The number of unbranched alkanes of at least 4 members (excludes halogenated alkanes) is 1. The molecule has 0 saturated heterocycles. The number of carbonyl (C=O) groups excluding carboxylic acids is 1. The van der Waals surface area contributed by atoms with Crippen molar-refractivity contribution in [1.82, 2.24) is 5.32 Å². The smallest absolute Gasteiger partial charge is 0.237 e. The number of rotatable bonds is 5. The lowest BCUT2D eigenvalue weighted by Gasteiger charge is -2.36. The third kappa shape index (κ3) is 5.07. The Morgan fingerprint density at radius 2 is 2.24 bits per heavy atom. The monoisotopic (exact) mass is 240 g/mol. The highest BCUT2D eigenvalue weighted by Crippen LogP contribution is 2.35. The predicted octanol–water partition coefficient (Wildman–Crippen LogP) is 2.59. The molecule has 100 valence electrons. The standard InChI is InChI=1S/C14H28N2O/c1-4-5-8-12(15)13(17)16-11-7-6-9-14(2,3)10-11/h11-12H,4-10,15H2,1-3H3,(H,16,17)/t11?,12-/m0/s1. The van der Waals surface area contributed by atoms with Crippen LogP contribution in [0.4, 0.5) is 0 Å². The lowest BCUT2D eigenvalue weighted by molar-refractivity contribution is -0.123. The van der Waals surface area contributed by atoms with E-state index in [1.807, 2.05) is 0 Å². The van der Waals surface area contributed by atoms with Crippen molar-refractivity contribution in [2.24, 2.45) is 11.1 Å². The summed E-state index contributed by atoms with van der Waals surface area (Å²) in [5.74, 6) is 0.0427. The van der Waals surface area contributed by atoms with Gasteiger partial charge in [-0.05, 0) is 31.1 Å².